The Labute approximate surface area is 106 Å². The van der Waals surface area contributed by atoms with Crippen LogP contribution in [0.3, 0.4) is 0 Å². The van der Waals surface area contributed by atoms with Crippen LogP contribution in [-0.4, -0.2) is 18.5 Å². The van der Waals surface area contributed by atoms with E-state index in [-0.39, 0.29) is 5.91 Å². The number of carbonyl (C=O) groups is 1. The molecule has 17 heavy (non-hydrogen) atoms. The summed E-state index contributed by atoms with van der Waals surface area (Å²) < 4.78 is 0. The fourth-order valence-corrected chi connectivity index (χ4v) is 2.59. The molecule has 0 saturated heterocycles. The Hall–Kier alpha value is -0.570. The molecule has 100 valence electrons. The van der Waals surface area contributed by atoms with Crippen LogP contribution in [0.4, 0.5) is 0 Å². The first-order valence-electron chi connectivity index (χ1n) is 6.89. The van der Waals surface area contributed by atoms with Gasteiger partial charge in [0.15, 0.2) is 0 Å². The summed E-state index contributed by atoms with van der Waals surface area (Å²) in [6.45, 7) is 8.73. The Morgan fingerprint density at radius 3 is 2.47 bits per heavy atom. The normalized spacial score (nSPS) is 26.0. The first-order valence-corrected chi connectivity index (χ1v) is 6.89. The van der Waals surface area contributed by atoms with Crippen LogP contribution in [-0.2, 0) is 4.79 Å². The molecule has 1 amide bonds. The van der Waals surface area contributed by atoms with Crippen molar-refractivity contribution in [1.29, 1.82) is 0 Å². The predicted octanol–water partition coefficient (Wildman–Crippen LogP) is 2.30. The van der Waals surface area contributed by atoms with Gasteiger partial charge in [-0.15, -0.1) is 0 Å². The Bertz CT molecular complexity index is 261. The highest BCUT2D eigenvalue weighted by atomic mass is 16.2. The average molecular weight is 240 g/mol. The molecule has 0 aliphatic heterocycles. The van der Waals surface area contributed by atoms with E-state index in [0.717, 1.165) is 6.42 Å². The average Bonchev–Trinajstić information content (AvgIpc) is 2.29. The largest absolute Gasteiger partial charge is 0.353 e. The highest BCUT2D eigenvalue weighted by Gasteiger charge is 2.33. The molecule has 2 atom stereocenters. The number of rotatable bonds is 4. The minimum atomic E-state index is -0.445. The van der Waals surface area contributed by atoms with Crippen molar-refractivity contribution < 1.29 is 4.79 Å². The van der Waals surface area contributed by atoms with E-state index in [2.05, 4.69) is 19.2 Å². The maximum Gasteiger partial charge on any atom is 0.227 e. The summed E-state index contributed by atoms with van der Waals surface area (Å²) in [5.74, 6) is 1.38. The molecule has 0 aromatic carbocycles. The Morgan fingerprint density at radius 2 is 1.94 bits per heavy atom. The summed E-state index contributed by atoms with van der Waals surface area (Å²) in [4.78, 5) is 12.1. The molecule has 3 N–H and O–H groups in total. The molecule has 1 saturated carbocycles. The molecule has 0 radical (unpaired) electrons. The van der Waals surface area contributed by atoms with Crippen molar-refractivity contribution in [3.63, 3.8) is 0 Å². The van der Waals surface area contributed by atoms with Gasteiger partial charge in [0, 0.05) is 12.6 Å². The Kier molecular flexibility index (Phi) is 4.99. The molecule has 3 heteroatoms. The van der Waals surface area contributed by atoms with E-state index in [0.29, 0.717) is 24.4 Å². The Balaban J connectivity index is 2.62. The van der Waals surface area contributed by atoms with Crippen LogP contribution in [0.2, 0.25) is 0 Å². The molecule has 0 aromatic rings. The van der Waals surface area contributed by atoms with Gasteiger partial charge >= 0.3 is 0 Å². The number of hydrogen-bond donors (Lipinski definition) is 2. The molecule has 1 rings (SSSR count). The van der Waals surface area contributed by atoms with Crippen LogP contribution in [0.5, 0.6) is 0 Å². The Morgan fingerprint density at radius 1 is 1.35 bits per heavy atom. The summed E-state index contributed by atoms with van der Waals surface area (Å²) in [6, 6.07) is 0.349. The third-order valence-electron chi connectivity index (χ3n) is 4.12. The number of carbonyl (C=O) groups excluding carboxylic acids is 1. The van der Waals surface area contributed by atoms with Gasteiger partial charge in [0.05, 0.1) is 5.41 Å². The van der Waals surface area contributed by atoms with Crippen LogP contribution in [0.15, 0.2) is 0 Å². The third-order valence-corrected chi connectivity index (χ3v) is 4.12. The van der Waals surface area contributed by atoms with E-state index in [9.17, 15) is 4.79 Å². The molecular weight excluding hydrogens is 212 g/mol. The molecule has 1 aliphatic carbocycles. The zero-order valence-electron chi connectivity index (χ0n) is 11.8. The zero-order valence-corrected chi connectivity index (χ0v) is 11.8. The van der Waals surface area contributed by atoms with E-state index >= 15 is 0 Å². The van der Waals surface area contributed by atoms with Crippen molar-refractivity contribution in [3.8, 4) is 0 Å². The molecule has 0 bridgehead atoms. The standard InChI is InChI=1S/C14H28N2O/c1-10(2)11-7-5-6-8-12(11)16-13(17)14(3,4)9-15/h10-12H,5-9,15H2,1-4H3,(H,16,17). The van der Waals surface area contributed by atoms with Gasteiger partial charge in [-0.2, -0.15) is 0 Å². The monoisotopic (exact) mass is 240 g/mol. The van der Waals surface area contributed by atoms with E-state index < -0.39 is 5.41 Å². The molecule has 0 heterocycles. The molecule has 0 aromatic heterocycles. The lowest BCUT2D eigenvalue weighted by Crippen LogP contribution is -2.50. The van der Waals surface area contributed by atoms with E-state index in [4.69, 9.17) is 5.73 Å². The fourth-order valence-electron chi connectivity index (χ4n) is 2.59. The minimum Gasteiger partial charge on any atom is -0.353 e. The van der Waals surface area contributed by atoms with Crippen molar-refractivity contribution in [2.75, 3.05) is 6.54 Å². The second-order valence-electron chi connectivity index (χ2n) is 6.36. The predicted molar refractivity (Wildman–Crippen MR) is 71.6 cm³/mol. The summed E-state index contributed by atoms with van der Waals surface area (Å²) in [6.07, 6.45) is 4.90. The van der Waals surface area contributed by atoms with Crippen molar-refractivity contribution in [2.24, 2.45) is 23.0 Å². The topological polar surface area (TPSA) is 55.1 Å². The zero-order chi connectivity index (χ0) is 13.1. The second-order valence-corrected chi connectivity index (χ2v) is 6.36. The van der Waals surface area contributed by atoms with Gasteiger partial charge in [-0.25, -0.2) is 0 Å². The molecule has 1 aliphatic rings. The molecule has 1 fully saturated rings. The van der Waals surface area contributed by atoms with Crippen LogP contribution in [0.1, 0.15) is 53.4 Å². The quantitative estimate of drug-likeness (QED) is 0.792. The molecule has 3 nitrogen and oxygen atoms in total. The van der Waals surface area contributed by atoms with Crippen LogP contribution in [0.25, 0.3) is 0 Å². The van der Waals surface area contributed by atoms with Crippen molar-refractivity contribution >= 4 is 5.91 Å². The highest BCUT2D eigenvalue weighted by Crippen LogP contribution is 2.30. The van der Waals surface area contributed by atoms with E-state index in [1.165, 1.54) is 19.3 Å². The molecular formula is C14H28N2O. The lowest BCUT2D eigenvalue weighted by atomic mass is 9.77. The van der Waals surface area contributed by atoms with Gasteiger partial charge in [0.1, 0.15) is 0 Å². The highest BCUT2D eigenvalue weighted by molar-refractivity contribution is 5.82. The van der Waals surface area contributed by atoms with Crippen LogP contribution < -0.4 is 11.1 Å². The number of nitrogens with two attached hydrogens (primary N) is 1. The lowest BCUT2D eigenvalue weighted by molar-refractivity contribution is -0.130. The second kappa shape index (κ2) is 5.85. The summed E-state index contributed by atoms with van der Waals surface area (Å²) >= 11 is 0. The van der Waals surface area contributed by atoms with Crippen molar-refractivity contribution in [3.05, 3.63) is 0 Å². The molecule has 2 unspecified atom stereocenters. The van der Waals surface area contributed by atoms with Crippen LogP contribution >= 0.6 is 0 Å². The maximum atomic E-state index is 12.1. The first kappa shape index (κ1) is 14.5. The summed E-state index contributed by atoms with van der Waals surface area (Å²) in [5, 5.41) is 3.22. The first-order chi connectivity index (χ1) is 7.88. The fraction of sp³-hybridized carbons (Fsp3) is 0.929. The number of hydrogen-bond acceptors (Lipinski definition) is 2. The van der Waals surface area contributed by atoms with Gasteiger partial charge in [-0.1, -0.05) is 26.7 Å². The van der Waals surface area contributed by atoms with Crippen molar-refractivity contribution in [2.45, 2.75) is 59.4 Å². The van der Waals surface area contributed by atoms with Gasteiger partial charge < -0.3 is 11.1 Å². The minimum absolute atomic E-state index is 0.109. The summed E-state index contributed by atoms with van der Waals surface area (Å²) in [5.41, 5.74) is 5.20. The van der Waals surface area contributed by atoms with E-state index in [1.54, 1.807) is 0 Å². The molecule has 0 spiro atoms. The SMILES string of the molecule is CC(C)C1CCCCC1NC(=O)C(C)(C)CN. The number of amides is 1. The van der Waals surface area contributed by atoms with Gasteiger partial charge in [-0.3, -0.25) is 4.79 Å². The van der Waals surface area contributed by atoms with E-state index in [1.807, 2.05) is 13.8 Å². The third kappa shape index (κ3) is 3.70. The smallest absolute Gasteiger partial charge is 0.227 e. The maximum absolute atomic E-state index is 12.1. The van der Waals surface area contributed by atoms with Gasteiger partial charge in [-0.05, 0) is 38.5 Å². The lowest BCUT2D eigenvalue weighted by Gasteiger charge is -2.36. The van der Waals surface area contributed by atoms with Gasteiger partial charge in [0.25, 0.3) is 0 Å². The van der Waals surface area contributed by atoms with Gasteiger partial charge in [0.2, 0.25) is 5.91 Å². The van der Waals surface area contributed by atoms with Crippen LogP contribution in [0, 0.1) is 17.3 Å². The number of nitrogens with one attached hydrogen (secondary N) is 1. The van der Waals surface area contributed by atoms with Crippen molar-refractivity contribution in [1.82, 2.24) is 5.32 Å². The summed E-state index contributed by atoms with van der Waals surface area (Å²) in [7, 11) is 0.